The molecule has 1 nitrogen and oxygen atoms in total. The topological polar surface area (TPSA) is 17.1 Å². The van der Waals surface area contributed by atoms with Crippen molar-refractivity contribution < 1.29 is 4.79 Å². The Kier molecular flexibility index (Phi) is 5.21. The fourth-order valence-corrected chi connectivity index (χ4v) is 2.45. The summed E-state index contributed by atoms with van der Waals surface area (Å²) in [5, 5.41) is 0. The first-order valence-corrected chi connectivity index (χ1v) is 6.30. The number of unbranched alkanes of at least 4 members (excludes halogenated alkanes) is 1. The third-order valence-corrected chi connectivity index (χ3v) is 3.66. The van der Waals surface area contributed by atoms with Crippen LogP contribution in [0.1, 0.15) is 65.2 Å². The summed E-state index contributed by atoms with van der Waals surface area (Å²) in [7, 11) is 0. The highest BCUT2D eigenvalue weighted by atomic mass is 16.1. The third kappa shape index (κ3) is 3.43. The van der Waals surface area contributed by atoms with Crippen molar-refractivity contribution in [3.05, 3.63) is 0 Å². The van der Waals surface area contributed by atoms with Crippen molar-refractivity contribution in [2.24, 2.45) is 11.8 Å². The minimum atomic E-state index is 0.421. The van der Waals surface area contributed by atoms with E-state index in [2.05, 4.69) is 13.8 Å². The van der Waals surface area contributed by atoms with Crippen LogP contribution in [0.25, 0.3) is 0 Å². The molecule has 0 heterocycles. The summed E-state index contributed by atoms with van der Waals surface area (Å²) in [6, 6.07) is 0. The Balaban J connectivity index is 2.23. The van der Waals surface area contributed by atoms with Crippen molar-refractivity contribution in [2.45, 2.75) is 65.2 Å². The molecule has 0 unspecified atom stereocenters. The molecule has 0 N–H and O–H groups in total. The van der Waals surface area contributed by atoms with E-state index in [1.807, 2.05) is 0 Å². The number of hydrogen-bond donors (Lipinski definition) is 0. The maximum absolute atomic E-state index is 11.8. The van der Waals surface area contributed by atoms with Crippen LogP contribution in [0.2, 0.25) is 0 Å². The molecule has 0 amide bonds. The van der Waals surface area contributed by atoms with E-state index in [1.165, 1.54) is 32.1 Å². The maximum atomic E-state index is 11.8. The molecule has 0 radical (unpaired) electrons. The van der Waals surface area contributed by atoms with Crippen molar-refractivity contribution in [2.75, 3.05) is 0 Å². The molecule has 1 saturated carbocycles. The second-order valence-electron chi connectivity index (χ2n) is 4.70. The van der Waals surface area contributed by atoms with Gasteiger partial charge in [-0.05, 0) is 38.0 Å². The zero-order chi connectivity index (χ0) is 10.4. The van der Waals surface area contributed by atoms with Gasteiger partial charge in [-0.1, -0.05) is 26.7 Å². The van der Waals surface area contributed by atoms with Crippen molar-refractivity contribution in [1.29, 1.82) is 0 Å². The Morgan fingerprint density at radius 2 is 1.79 bits per heavy atom. The van der Waals surface area contributed by atoms with Gasteiger partial charge in [0, 0.05) is 12.3 Å². The van der Waals surface area contributed by atoms with E-state index >= 15 is 0 Å². The number of rotatable bonds is 5. The Bertz CT molecular complexity index is 166. The van der Waals surface area contributed by atoms with E-state index < -0.39 is 0 Å². The molecule has 0 spiro atoms. The quantitative estimate of drug-likeness (QED) is 0.650. The van der Waals surface area contributed by atoms with Gasteiger partial charge in [0.2, 0.25) is 0 Å². The number of ketones is 1. The highest BCUT2D eigenvalue weighted by molar-refractivity contribution is 5.80. The number of hydrogen-bond acceptors (Lipinski definition) is 1. The average Bonchev–Trinajstić information content (AvgIpc) is 2.26. The molecule has 82 valence electrons. The molecular formula is C13H24O. The van der Waals surface area contributed by atoms with Crippen molar-refractivity contribution >= 4 is 5.78 Å². The molecule has 0 bridgehead atoms. The summed E-state index contributed by atoms with van der Waals surface area (Å²) in [6.45, 7) is 4.42. The van der Waals surface area contributed by atoms with Gasteiger partial charge in [-0.15, -0.1) is 0 Å². The molecule has 1 aliphatic rings. The van der Waals surface area contributed by atoms with Crippen LogP contribution < -0.4 is 0 Å². The monoisotopic (exact) mass is 196 g/mol. The highest BCUT2D eigenvalue weighted by Gasteiger charge is 2.24. The van der Waals surface area contributed by atoms with Crippen LogP contribution in [0.4, 0.5) is 0 Å². The number of Topliss-reactive ketones (excluding diaryl/α,β-unsaturated/α-hetero) is 1. The maximum Gasteiger partial charge on any atom is 0.135 e. The second kappa shape index (κ2) is 6.21. The predicted octanol–water partition coefficient (Wildman–Crippen LogP) is 3.96. The summed E-state index contributed by atoms with van der Waals surface area (Å²) < 4.78 is 0. The largest absolute Gasteiger partial charge is 0.299 e. The summed E-state index contributed by atoms with van der Waals surface area (Å²) in [4.78, 5) is 11.8. The minimum absolute atomic E-state index is 0.421. The molecule has 14 heavy (non-hydrogen) atoms. The fraction of sp³-hybridized carbons (Fsp3) is 0.923. The van der Waals surface area contributed by atoms with Gasteiger partial charge in [-0.2, -0.15) is 0 Å². The van der Waals surface area contributed by atoms with E-state index in [4.69, 9.17) is 0 Å². The summed E-state index contributed by atoms with van der Waals surface area (Å²) in [6.07, 6.45) is 9.29. The molecule has 1 aliphatic carbocycles. The van der Waals surface area contributed by atoms with Gasteiger partial charge in [0.15, 0.2) is 0 Å². The Morgan fingerprint density at radius 1 is 1.14 bits per heavy atom. The molecule has 0 aromatic heterocycles. The minimum Gasteiger partial charge on any atom is -0.299 e. The van der Waals surface area contributed by atoms with Gasteiger partial charge in [-0.3, -0.25) is 4.79 Å². The summed E-state index contributed by atoms with van der Waals surface area (Å²) in [5.74, 6) is 1.87. The van der Waals surface area contributed by atoms with Crippen LogP contribution in [0.15, 0.2) is 0 Å². The molecular weight excluding hydrogens is 172 g/mol. The van der Waals surface area contributed by atoms with Gasteiger partial charge >= 0.3 is 0 Å². The lowest BCUT2D eigenvalue weighted by molar-refractivity contribution is -0.124. The first kappa shape index (κ1) is 11.7. The average molecular weight is 196 g/mol. The lowest BCUT2D eigenvalue weighted by Crippen LogP contribution is -2.21. The lowest BCUT2D eigenvalue weighted by Gasteiger charge is -2.26. The first-order valence-electron chi connectivity index (χ1n) is 6.30. The van der Waals surface area contributed by atoms with Gasteiger partial charge in [0.25, 0.3) is 0 Å². The fourth-order valence-electron chi connectivity index (χ4n) is 2.45. The van der Waals surface area contributed by atoms with Gasteiger partial charge in [0.1, 0.15) is 5.78 Å². The second-order valence-corrected chi connectivity index (χ2v) is 4.70. The van der Waals surface area contributed by atoms with Crippen molar-refractivity contribution in [3.8, 4) is 0 Å². The van der Waals surface area contributed by atoms with Crippen LogP contribution in [-0.4, -0.2) is 5.78 Å². The zero-order valence-corrected chi connectivity index (χ0v) is 9.72. The van der Waals surface area contributed by atoms with Crippen LogP contribution in [0, 0.1) is 11.8 Å². The highest BCUT2D eigenvalue weighted by Crippen LogP contribution is 2.31. The molecule has 1 rings (SSSR count). The van der Waals surface area contributed by atoms with E-state index in [-0.39, 0.29) is 0 Å². The Morgan fingerprint density at radius 3 is 2.29 bits per heavy atom. The molecule has 0 aromatic rings. The Hall–Kier alpha value is -0.330. The molecule has 0 aromatic carbocycles. The predicted molar refractivity (Wildman–Crippen MR) is 60.3 cm³/mol. The van der Waals surface area contributed by atoms with Crippen LogP contribution in [0.3, 0.4) is 0 Å². The molecule has 0 aliphatic heterocycles. The van der Waals surface area contributed by atoms with Gasteiger partial charge < -0.3 is 0 Å². The molecule has 0 atom stereocenters. The molecule has 0 saturated heterocycles. The number of carbonyl (C=O) groups excluding carboxylic acids is 1. The smallest absolute Gasteiger partial charge is 0.135 e. The van der Waals surface area contributed by atoms with Crippen molar-refractivity contribution in [1.82, 2.24) is 0 Å². The van der Waals surface area contributed by atoms with Crippen LogP contribution in [0.5, 0.6) is 0 Å². The van der Waals surface area contributed by atoms with E-state index in [9.17, 15) is 4.79 Å². The number of carbonyl (C=O) groups is 1. The van der Waals surface area contributed by atoms with Crippen LogP contribution in [-0.2, 0) is 4.79 Å². The third-order valence-electron chi connectivity index (χ3n) is 3.66. The van der Waals surface area contributed by atoms with E-state index in [0.717, 1.165) is 25.2 Å². The lowest BCUT2D eigenvalue weighted by atomic mass is 9.78. The van der Waals surface area contributed by atoms with Crippen molar-refractivity contribution in [3.63, 3.8) is 0 Å². The summed E-state index contributed by atoms with van der Waals surface area (Å²) >= 11 is 0. The summed E-state index contributed by atoms with van der Waals surface area (Å²) in [5.41, 5.74) is 0. The SMILES string of the molecule is CCCCC(=O)C1CCC(CC)CC1. The Labute approximate surface area is 88.3 Å². The standard InChI is InChI=1S/C13H24O/c1-3-5-6-13(14)12-9-7-11(4-2)8-10-12/h11-12H,3-10H2,1-2H3. The van der Waals surface area contributed by atoms with E-state index in [0.29, 0.717) is 11.7 Å². The molecule has 1 heteroatoms. The first-order chi connectivity index (χ1) is 6.77. The van der Waals surface area contributed by atoms with Gasteiger partial charge in [-0.25, -0.2) is 0 Å². The molecule has 1 fully saturated rings. The zero-order valence-electron chi connectivity index (χ0n) is 9.72. The van der Waals surface area contributed by atoms with E-state index in [1.54, 1.807) is 0 Å². The normalized spacial score (nSPS) is 27.6. The van der Waals surface area contributed by atoms with Gasteiger partial charge in [0.05, 0.1) is 0 Å². The van der Waals surface area contributed by atoms with Crippen LogP contribution >= 0.6 is 0 Å².